The Kier molecular flexibility index (Phi) is 1.74. The van der Waals surface area contributed by atoms with Gasteiger partial charge in [-0.05, 0) is 24.2 Å². The van der Waals surface area contributed by atoms with Crippen molar-refractivity contribution in [1.82, 2.24) is 0 Å². The summed E-state index contributed by atoms with van der Waals surface area (Å²) in [6, 6.07) is 0. The zero-order valence-corrected chi connectivity index (χ0v) is 7.12. The van der Waals surface area contributed by atoms with Crippen LogP contribution < -0.4 is 0 Å². The van der Waals surface area contributed by atoms with Crippen molar-refractivity contribution in [3.8, 4) is 0 Å². The molecule has 0 aromatic rings. The summed E-state index contributed by atoms with van der Waals surface area (Å²) in [7, 11) is 0. The molecule has 0 spiro atoms. The summed E-state index contributed by atoms with van der Waals surface area (Å²) in [5.74, 6) is 2.87. The van der Waals surface area contributed by atoms with Crippen LogP contribution in [0.15, 0.2) is 0 Å². The van der Waals surface area contributed by atoms with E-state index in [1.807, 2.05) is 0 Å². The van der Waals surface area contributed by atoms with Crippen molar-refractivity contribution in [3.05, 3.63) is 0 Å². The first-order valence-corrected chi connectivity index (χ1v) is 4.78. The van der Waals surface area contributed by atoms with Crippen molar-refractivity contribution in [2.75, 3.05) is 0 Å². The van der Waals surface area contributed by atoms with Crippen molar-refractivity contribution < 1.29 is 4.79 Å². The summed E-state index contributed by atoms with van der Waals surface area (Å²) in [6.07, 6.45) is 6.78. The van der Waals surface area contributed by atoms with E-state index in [9.17, 15) is 4.79 Å². The van der Waals surface area contributed by atoms with Crippen molar-refractivity contribution in [3.63, 3.8) is 0 Å². The number of carbonyl (C=O) groups is 1. The molecule has 0 aromatic heterocycles. The molecule has 11 heavy (non-hydrogen) atoms. The third-order valence-corrected chi connectivity index (χ3v) is 3.62. The monoisotopic (exact) mass is 152 g/mol. The lowest BCUT2D eigenvalue weighted by Gasteiger charge is -2.25. The van der Waals surface area contributed by atoms with Gasteiger partial charge in [0.1, 0.15) is 6.29 Å². The second-order valence-corrected chi connectivity index (χ2v) is 4.27. The van der Waals surface area contributed by atoms with E-state index in [2.05, 4.69) is 6.92 Å². The van der Waals surface area contributed by atoms with Crippen LogP contribution in [0.1, 0.15) is 32.6 Å². The lowest BCUT2D eigenvalue weighted by molar-refractivity contribution is -0.109. The summed E-state index contributed by atoms with van der Waals surface area (Å²) in [5, 5.41) is 0. The average Bonchev–Trinajstić information content (AvgIpc) is 2.52. The van der Waals surface area contributed by atoms with Gasteiger partial charge in [-0.25, -0.2) is 0 Å². The summed E-state index contributed by atoms with van der Waals surface area (Å²) >= 11 is 0. The normalized spacial score (nSPS) is 43.2. The number of aldehydes is 1. The van der Waals surface area contributed by atoms with E-state index < -0.39 is 0 Å². The molecular formula is C10H16O. The Morgan fingerprint density at radius 3 is 2.55 bits per heavy atom. The van der Waals surface area contributed by atoms with Crippen molar-refractivity contribution >= 4 is 6.29 Å². The summed E-state index contributed by atoms with van der Waals surface area (Å²) in [5.41, 5.74) is 0. The van der Waals surface area contributed by atoms with E-state index in [0.29, 0.717) is 11.8 Å². The fourth-order valence-corrected chi connectivity index (χ4v) is 2.29. The zero-order chi connectivity index (χ0) is 7.84. The topological polar surface area (TPSA) is 17.1 Å². The van der Waals surface area contributed by atoms with Crippen LogP contribution in [0.2, 0.25) is 0 Å². The maximum atomic E-state index is 10.5. The lowest BCUT2D eigenvalue weighted by Crippen LogP contribution is -2.11. The first-order chi connectivity index (χ1) is 5.33. The van der Waals surface area contributed by atoms with Gasteiger partial charge in [0.05, 0.1) is 0 Å². The molecule has 2 aliphatic carbocycles. The molecule has 62 valence electrons. The Bertz CT molecular complexity index is 160. The van der Waals surface area contributed by atoms with Gasteiger partial charge in [0.25, 0.3) is 0 Å². The van der Waals surface area contributed by atoms with Crippen LogP contribution >= 0.6 is 0 Å². The number of carbonyl (C=O) groups excluding carboxylic acids is 1. The van der Waals surface area contributed by atoms with Gasteiger partial charge in [0, 0.05) is 5.92 Å². The maximum absolute atomic E-state index is 10.5. The third kappa shape index (κ3) is 1.21. The predicted molar refractivity (Wildman–Crippen MR) is 44.2 cm³/mol. The van der Waals surface area contributed by atoms with Crippen LogP contribution in [0.5, 0.6) is 0 Å². The van der Waals surface area contributed by atoms with Crippen molar-refractivity contribution in [1.29, 1.82) is 0 Å². The molecule has 0 amide bonds. The van der Waals surface area contributed by atoms with E-state index in [1.165, 1.54) is 25.7 Å². The second kappa shape index (κ2) is 2.62. The first kappa shape index (κ1) is 7.33. The average molecular weight is 152 g/mol. The van der Waals surface area contributed by atoms with Gasteiger partial charge in [-0.1, -0.05) is 26.2 Å². The minimum atomic E-state index is 0.426. The van der Waals surface area contributed by atoms with E-state index in [1.54, 1.807) is 0 Å². The molecule has 2 saturated carbocycles. The highest BCUT2D eigenvalue weighted by atomic mass is 16.1. The van der Waals surface area contributed by atoms with Gasteiger partial charge in [-0.15, -0.1) is 0 Å². The Morgan fingerprint density at radius 2 is 2.18 bits per heavy atom. The molecule has 2 rings (SSSR count). The van der Waals surface area contributed by atoms with Crippen LogP contribution in [-0.4, -0.2) is 6.29 Å². The van der Waals surface area contributed by atoms with Crippen LogP contribution in [0, 0.1) is 23.7 Å². The molecule has 0 aromatic carbocycles. The van der Waals surface area contributed by atoms with Gasteiger partial charge in [0.2, 0.25) is 0 Å². The van der Waals surface area contributed by atoms with Crippen LogP contribution in [0.25, 0.3) is 0 Å². The quantitative estimate of drug-likeness (QED) is 0.567. The molecule has 1 heteroatoms. The van der Waals surface area contributed by atoms with Gasteiger partial charge in [0.15, 0.2) is 0 Å². The Balaban J connectivity index is 1.75. The van der Waals surface area contributed by atoms with Gasteiger partial charge >= 0.3 is 0 Å². The fourth-order valence-electron chi connectivity index (χ4n) is 2.29. The molecule has 0 radical (unpaired) electrons. The van der Waals surface area contributed by atoms with Gasteiger partial charge in [-0.3, -0.25) is 0 Å². The Labute approximate surface area is 68.2 Å². The number of rotatable bonds is 3. The Morgan fingerprint density at radius 1 is 1.45 bits per heavy atom. The minimum absolute atomic E-state index is 0.426. The molecule has 0 bridgehead atoms. The molecule has 0 heterocycles. The van der Waals surface area contributed by atoms with Crippen molar-refractivity contribution in [2.24, 2.45) is 23.7 Å². The zero-order valence-electron chi connectivity index (χ0n) is 7.12. The summed E-state index contributed by atoms with van der Waals surface area (Å²) in [4.78, 5) is 10.5. The number of hydrogen-bond acceptors (Lipinski definition) is 1. The second-order valence-electron chi connectivity index (χ2n) is 4.27. The summed E-state index contributed by atoms with van der Waals surface area (Å²) < 4.78 is 0. The molecule has 0 N–H and O–H groups in total. The third-order valence-electron chi connectivity index (χ3n) is 3.62. The van der Waals surface area contributed by atoms with E-state index in [4.69, 9.17) is 0 Å². The van der Waals surface area contributed by atoms with Crippen LogP contribution in [-0.2, 0) is 4.79 Å². The molecule has 0 aliphatic heterocycles. The highest BCUT2D eigenvalue weighted by Gasteiger charge is 2.47. The summed E-state index contributed by atoms with van der Waals surface area (Å²) in [6.45, 7) is 2.21. The van der Waals surface area contributed by atoms with Gasteiger partial charge in [-0.2, -0.15) is 0 Å². The molecule has 3 unspecified atom stereocenters. The van der Waals surface area contributed by atoms with E-state index in [0.717, 1.165) is 18.1 Å². The molecule has 1 nitrogen and oxygen atoms in total. The highest BCUT2D eigenvalue weighted by molar-refractivity contribution is 5.59. The predicted octanol–water partition coefficient (Wildman–Crippen LogP) is 2.26. The van der Waals surface area contributed by atoms with E-state index in [-0.39, 0.29) is 0 Å². The number of hydrogen-bond donors (Lipinski definition) is 0. The smallest absolute Gasteiger partial charge is 0.123 e. The SMILES string of the molecule is CC1C(C=O)C1CC1CCC1. The van der Waals surface area contributed by atoms with Crippen molar-refractivity contribution in [2.45, 2.75) is 32.6 Å². The molecule has 2 fully saturated rings. The minimum Gasteiger partial charge on any atom is -0.303 e. The molecular weight excluding hydrogens is 136 g/mol. The standard InChI is InChI=1S/C10H16O/c1-7-9(10(7)6-11)5-8-3-2-4-8/h6-10H,2-5H2,1H3. The first-order valence-electron chi connectivity index (χ1n) is 4.78. The van der Waals surface area contributed by atoms with Crippen LogP contribution in [0.4, 0.5) is 0 Å². The molecule has 2 aliphatic rings. The highest BCUT2D eigenvalue weighted by Crippen LogP contribution is 2.50. The largest absolute Gasteiger partial charge is 0.303 e. The maximum Gasteiger partial charge on any atom is 0.123 e. The van der Waals surface area contributed by atoms with Gasteiger partial charge < -0.3 is 4.79 Å². The fraction of sp³-hybridized carbons (Fsp3) is 0.900. The lowest BCUT2D eigenvalue weighted by atomic mass is 9.81. The Hall–Kier alpha value is -0.330. The van der Waals surface area contributed by atoms with E-state index >= 15 is 0 Å². The molecule has 3 atom stereocenters. The molecule has 0 saturated heterocycles. The van der Waals surface area contributed by atoms with Crippen LogP contribution in [0.3, 0.4) is 0 Å².